The van der Waals surface area contributed by atoms with Crippen LogP contribution < -0.4 is 16.0 Å². The summed E-state index contributed by atoms with van der Waals surface area (Å²) in [5.74, 6) is 0.652. The molecule has 0 aliphatic rings. The van der Waals surface area contributed by atoms with Gasteiger partial charge in [-0.2, -0.15) is 0 Å². The van der Waals surface area contributed by atoms with Crippen LogP contribution in [0.2, 0.25) is 0 Å². The van der Waals surface area contributed by atoms with E-state index in [4.69, 9.17) is 5.73 Å². The summed E-state index contributed by atoms with van der Waals surface area (Å²) >= 11 is 0. The maximum Gasteiger partial charge on any atom is 0.239 e. The van der Waals surface area contributed by atoms with Crippen LogP contribution >= 0.6 is 0 Å². The van der Waals surface area contributed by atoms with Crippen molar-refractivity contribution in [3.05, 3.63) is 24.5 Å². The predicted octanol–water partition coefficient (Wildman–Crippen LogP) is 1.17. The number of carbonyl (C=O) groups is 1. The van der Waals surface area contributed by atoms with Crippen molar-refractivity contribution in [2.75, 3.05) is 24.2 Å². The van der Waals surface area contributed by atoms with Crippen LogP contribution in [0, 0.1) is 0 Å². The second-order valence-corrected chi connectivity index (χ2v) is 5.05. The van der Waals surface area contributed by atoms with Crippen LogP contribution in [0.5, 0.6) is 0 Å². The van der Waals surface area contributed by atoms with E-state index in [1.165, 1.54) is 6.33 Å². The first-order valence-corrected chi connectivity index (χ1v) is 6.48. The van der Waals surface area contributed by atoms with E-state index in [1.54, 1.807) is 11.0 Å². The van der Waals surface area contributed by atoms with Crippen molar-refractivity contribution < 1.29 is 4.79 Å². The van der Waals surface area contributed by atoms with Gasteiger partial charge < -0.3 is 16.0 Å². The summed E-state index contributed by atoms with van der Waals surface area (Å²) in [7, 11) is 1.82. The molecule has 6 nitrogen and oxygen atoms in total. The number of fused-ring (bicyclic) bond motifs is 1. The molecule has 1 aromatic carbocycles. The van der Waals surface area contributed by atoms with E-state index in [0.29, 0.717) is 11.5 Å². The Bertz CT molecular complexity index is 626. The Balaban J connectivity index is 2.28. The summed E-state index contributed by atoms with van der Waals surface area (Å²) in [6, 6.07) is 5.58. The van der Waals surface area contributed by atoms with E-state index in [2.05, 4.69) is 15.3 Å². The molecule has 6 heteroatoms. The number of hydrogen-bond acceptors (Lipinski definition) is 5. The van der Waals surface area contributed by atoms with Crippen molar-refractivity contribution in [3.8, 4) is 0 Å². The second-order valence-electron chi connectivity index (χ2n) is 5.05. The molecule has 106 valence electrons. The van der Waals surface area contributed by atoms with E-state index in [1.807, 2.05) is 33.0 Å². The fourth-order valence-corrected chi connectivity index (χ4v) is 2.02. The topological polar surface area (TPSA) is 84.1 Å². The maximum absolute atomic E-state index is 11.8. The third-order valence-corrected chi connectivity index (χ3v) is 2.83. The van der Waals surface area contributed by atoms with E-state index in [-0.39, 0.29) is 18.5 Å². The van der Waals surface area contributed by atoms with Crippen molar-refractivity contribution >= 4 is 28.3 Å². The fraction of sp³-hybridized carbons (Fsp3) is 0.357. The quantitative estimate of drug-likeness (QED) is 0.817. The number of likely N-dealkylation sites (N-methyl/N-ethyl adjacent to an activating group) is 1. The van der Waals surface area contributed by atoms with Gasteiger partial charge in [-0.05, 0) is 32.0 Å². The van der Waals surface area contributed by atoms with Gasteiger partial charge in [-0.15, -0.1) is 0 Å². The predicted molar refractivity (Wildman–Crippen MR) is 80.5 cm³/mol. The largest absolute Gasteiger partial charge is 0.399 e. The first-order chi connectivity index (χ1) is 9.47. The van der Waals surface area contributed by atoms with Gasteiger partial charge in [0.15, 0.2) is 0 Å². The van der Waals surface area contributed by atoms with Gasteiger partial charge in [-0.25, -0.2) is 9.97 Å². The van der Waals surface area contributed by atoms with Crippen molar-refractivity contribution in [2.24, 2.45) is 0 Å². The normalized spacial score (nSPS) is 10.8. The molecule has 0 aliphatic carbocycles. The average Bonchev–Trinajstić information content (AvgIpc) is 2.36. The van der Waals surface area contributed by atoms with Gasteiger partial charge in [0.2, 0.25) is 5.91 Å². The van der Waals surface area contributed by atoms with Crippen LogP contribution in [-0.4, -0.2) is 35.5 Å². The molecule has 0 atom stereocenters. The van der Waals surface area contributed by atoms with Crippen LogP contribution in [0.25, 0.3) is 10.9 Å². The number of rotatable bonds is 4. The third-order valence-electron chi connectivity index (χ3n) is 2.83. The lowest BCUT2D eigenvalue weighted by Crippen LogP contribution is -2.38. The highest BCUT2D eigenvalue weighted by Gasteiger charge is 2.12. The molecule has 1 aromatic heterocycles. The molecule has 0 spiro atoms. The van der Waals surface area contributed by atoms with Crippen LogP contribution in [0.1, 0.15) is 13.8 Å². The van der Waals surface area contributed by atoms with Crippen LogP contribution in [0.15, 0.2) is 24.5 Å². The lowest BCUT2D eigenvalue weighted by Gasteiger charge is -2.20. The standard InChI is InChI=1S/C14H19N5O/c1-9(2)18-13(20)7-19(3)14-11-6-10(15)4-5-12(11)16-8-17-14/h4-6,8-9H,7,15H2,1-3H3,(H,18,20). The van der Waals surface area contributed by atoms with Gasteiger partial charge in [-0.1, -0.05) is 0 Å². The Labute approximate surface area is 118 Å². The Morgan fingerprint density at radius 3 is 2.85 bits per heavy atom. The zero-order chi connectivity index (χ0) is 14.7. The number of anilines is 2. The molecule has 3 N–H and O–H groups in total. The van der Waals surface area contributed by atoms with Crippen LogP contribution in [-0.2, 0) is 4.79 Å². The molecular weight excluding hydrogens is 254 g/mol. The van der Waals surface area contributed by atoms with Gasteiger partial charge in [0.25, 0.3) is 0 Å². The molecule has 1 heterocycles. The monoisotopic (exact) mass is 273 g/mol. The Kier molecular flexibility index (Phi) is 4.02. The summed E-state index contributed by atoms with van der Waals surface area (Å²) < 4.78 is 0. The SMILES string of the molecule is CC(C)NC(=O)CN(C)c1ncnc2ccc(N)cc12. The number of nitrogens with one attached hydrogen (secondary N) is 1. The van der Waals surface area contributed by atoms with Crippen molar-refractivity contribution in [3.63, 3.8) is 0 Å². The molecule has 2 aromatic rings. The molecule has 0 bridgehead atoms. The molecule has 20 heavy (non-hydrogen) atoms. The molecule has 1 amide bonds. The number of nitrogens with two attached hydrogens (primary N) is 1. The van der Waals surface area contributed by atoms with Gasteiger partial charge in [0.1, 0.15) is 12.1 Å². The van der Waals surface area contributed by atoms with Crippen LogP contribution in [0.4, 0.5) is 11.5 Å². The molecular formula is C14H19N5O. The smallest absolute Gasteiger partial charge is 0.239 e. The lowest BCUT2D eigenvalue weighted by atomic mass is 10.2. The molecule has 0 radical (unpaired) electrons. The van der Waals surface area contributed by atoms with Gasteiger partial charge in [0, 0.05) is 24.2 Å². The third kappa shape index (κ3) is 3.14. The Morgan fingerprint density at radius 1 is 1.40 bits per heavy atom. The molecule has 0 saturated heterocycles. The summed E-state index contributed by atoms with van der Waals surface area (Å²) in [6.45, 7) is 4.09. The van der Waals surface area contributed by atoms with Crippen molar-refractivity contribution in [2.45, 2.75) is 19.9 Å². The van der Waals surface area contributed by atoms with E-state index in [9.17, 15) is 4.79 Å². The minimum absolute atomic E-state index is 0.0434. The number of carbonyl (C=O) groups excluding carboxylic acids is 1. The minimum atomic E-state index is -0.0434. The molecule has 0 saturated carbocycles. The zero-order valence-electron chi connectivity index (χ0n) is 11.9. The van der Waals surface area contributed by atoms with E-state index >= 15 is 0 Å². The Hall–Kier alpha value is -2.37. The molecule has 0 unspecified atom stereocenters. The Morgan fingerprint density at radius 2 is 2.15 bits per heavy atom. The zero-order valence-corrected chi connectivity index (χ0v) is 11.9. The highest BCUT2D eigenvalue weighted by atomic mass is 16.2. The highest BCUT2D eigenvalue weighted by Crippen LogP contribution is 2.23. The number of nitrogens with zero attached hydrogens (tertiary/aromatic N) is 3. The number of amides is 1. The number of aromatic nitrogens is 2. The second kappa shape index (κ2) is 5.73. The van der Waals surface area contributed by atoms with Crippen molar-refractivity contribution in [1.82, 2.24) is 15.3 Å². The fourth-order valence-electron chi connectivity index (χ4n) is 2.02. The molecule has 0 fully saturated rings. The number of hydrogen-bond donors (Lipinski definition) is 2. The minimum Gasteiger partial charge on any atom is -0.399 e. The summed E-state index contributed by atoms with van der Waals surface area (Å²) in [5.41, 5.74) is 7.26. The van der Waals surface area contributed by atoms with Crippen LogP contribution in [0.3, 0.4) is 0 Å². The maximum atomic E-state index is 11.8. The average molecular weight is 273 g/mol. The highest BCUT2D eigenvalue weighted by molar-refractivity contribution is 5.93. The number of nitrogen functional groups attached to an aromatic ring is 1. The summed E-state index contributed by atoms with van der Waals surface area (Å²) in [5, 5.41) is 3.69. The lowest BCUT2D eigenvalue weighted by molar-refractivity contribution is -0.120. The van der Waals surface area contributed by atoms with E-state index in [0.717, 1.165) is 10.9 Å². The first-order valence-electron chi connectivity index (χ1n) is 6.48. The van der Waals surface area contributed by atoms with Gasteiger partial charge >= 0.3 is 0 Å². The molecule has 0 aliphatic heterocycles. The summed E-state index contributed by atoms with van der Waals surface area (Å²) in [6.07, 6.45) is 1.49. The van der Waals surface area contributed by atoms with Gasteiger partial charge in [0.05, 0.1) is 12.1 Å². The van der Waals surface area contributed by atoms with Crippen molar-refractivity contribution in [1.29, 1.82) is 0 Å². The van der Waals surface area contributed by atoms with E-state index < -0.39 is 0 Å². The summed E-state index contributed by atoms with van der Waals surface area (Å²) in [4.78, 5) is 22.1. The first kappa shape index (κ1) is 14.0. The number of benzene rings is 1. The molecule has 2 rings (SSSR count). The van der Waals surface area contributed by atoms with Gasteiger partial charge in [-0.3, -0.25) is 4.79 Å².